The molecule has 0 saturated heterocycles. The molecule has 3 rings (SSSR count). The van der Waals surface area contributed by atoms with Crippen LogP contribution in [0.25, 0.3) is 11.6 Å². The summed E-state index contributed by atoms with van der Waals surface area (Å²) in [6.45, 7) is 0. The lowest BCUT2D eigenvalue weighted by molar-refractivity contribution is 0.427. The Hall–Kier alpha value is -2.08. The lowest BCUT2D eigenvalue weighted by Gasteiger charge is -2.02. The molecule has 5 nitrogen and oxygen atoms in total. The summed E-state index contributed by atoms with van der Waals surface area (Å²) in [6.07, 6.45) is 3.73. The van der Waals surface area contributed by atoms with E-state index in [0.29, 0.717) is 11.3 Å². The summed E-state index contributed by atoms with van der Waals surface area (Å²) in [5, 5.41) is 10.3. The highest BCUT2D eigenvalue weighted by atomic mass is 79.9. The van der Waals surface area contributed by atoms with E-state index in [1.807, 2.05) is 42.1 Å². The van der Waals surface area contributed by atoms with Gasteiger partial charge < -0.3 is 9.67 Å². The maximum atomic E-state index is 10.3. The number of nitrogens with zero attached hydrogens (tertiary/aromatic N) is 4. The van der Waals surface area contributed by atoms with Crippen molar-refractivity contribution < 1.29 is 5.11 Å². The first-order chi connectivity index (χ1) is 10.0. The molecule has 2 aromatic rings. The molecule has 0 atom stereocenters. The molecule has 0 spiro atoms. The second kappa shape index (κ2) is 5.04. The third-order valence-corrected chi connectivity index (χ3v) is 4.27. The van der Waals surface area contributed by atoms with Gasteiger partial charge in [-0.15, -0.1) is 0 Å². The normalized spacial score (nSPS) is 16.0. The molecule has 6 heteroatoms. The van der Waals surface area contributed by atoms with Gasteiger partial charge in [0.1, 0.15) is 5.69 Å². The van der Waals surface area contributed by atoms with E-state index in [4.69, 9.17) is 0 Å². The minimum absolute atomic E-state index is 0.183. The third-order valence-electron chi connectivity index (χ3n) is 3.63. The average molecular weight is 347 g/mol. The predicted octanol–water partition coefficient (Wildman–Crippen LogP) is 2.62. The Morgan fingerprint density at radius 1 is 1.29 bits per heavy atom. The highest BCUT2D eigenvalue weighted by Crippen LogP contribution is 2.38. The number of hydrogen-bond acceptors (Lipinski definition) is 3. The van der Waals surface area contributed by atoms with Crippen LogP contribution in [-0.2, 0) is 14.1 Å². The minimum atomic E-state index is 0.183. The molecular formula is C15H15BrN4O. The summed E-state index contributed by atoms with van der Waals surface area (Å²) >= 11 is 3.50. The van der Waals surface area contributed by atoms with Crippen LogP contribution in [0.1, 0.15) is 11.3 Å². The van der Waals surface area contributed by atoms with Gasteiger partial charge in [-0.25, -0.2) is 0 Å². The van der Waals surface area contributed by atoms with Crippen molar-refractivity contribution in [2.45, 2.75) is 0 Å². The maximum absolute atomic E-state index is 10.3. The maximum Gasteiger partial charge on any atom is 0.218 e. The number of imidazole rings is 1. The van der Waals surface area contributed by atoms with Crippen LogP contribution in [0.4, 0.5) is 5.69 Å². The standard InChI is InChI=1S/C15H15BrN4O/c1-17-15-19(2)12(14(21)20(15)3)7-9-8-18-13-10(9)5-4-6-11(13)16/h4-8,21H,1-3H3. The van der Waals surface area contributed by atoms with Crippen molar-refractivity contribution in [1.82, 2.24) is 9.13 Å². The van der Waals surface area contributed by atoms with E-state index in [1.165, 1.54) is 0 Å². The first kappa shape index (κ1) is 13.9. The minimum Gasteiger partial charge on any atom is -0.493 e. The monoisotopic (exact) mass is 346 g/mol. The van der Waals surface area contributed by atoms with E-state index in [0.717, 1.165) is 21.3 Å². The van der Waals surface area contributed by atoms with Gasteiger partial charge in [0.15, 0.2) is 0 Å². The van der Waals surface area contributed by atoms with E-state index < -0.39 is 0 Å². The van der Waals surface area contributed by atoms with Crippen LogP contribution in [0.15, 0.2) is 32.7 Å². The van der Waals surface area contributed by atoms with Crippen molar-refractivity contribution in [1.29, 1.82) is 0 Å². The summed E-state index contributed by atoms with van der Waals surface area (Å²) in [4.78, 5) is 8.60. The molecule has 0 unspecified atom stereocenters. The molecule has 0 aliphatic carbocycles. The summed E-state index contributed by atoms with van der Waals surface area (Å²) in [5.74, 6) is 0.183. The Bertz CT molecular complexity index is 855. The SMILES string of the molecule is CN=c1n(C)c(O)c(C=C2C=Nc3c(Br)cccc32)n1C. The van der Waals surface area contributed by atoms with Crippen molar-refractivity contribution in [2.75, 3.05) is 7.05 Å². The first-order valence-electron chi connectivity index (χ1n) is 6.46. The Kier molecular flexibility index (Phi) is 3.33. The topological polar surface area (TPSA) is 54.8 Å². The first-order valence-corrected chi connectivity index (χ1v) is 7.26. The molecule has 1 N–H and O–H groups in total. The van der Waals surface area contributed by atoms with Crippen molar-refractivity contribution in [3.05, 3.63) is 39.5 Å². The predicted molar refractivity (Wildman–Crippen MR) is 87.7 cm³/mol. The van der Waals surface area contributed by atoms with Gasteiger partial charge in [-0.2, -0.15) is 0 Å². The lowest BCUT2D eigenvalue weighted by atomic mass is 10.1. The van der Waals surface area contributed by atoms with Crippen LogP contribution < -0.4 is 5.62 Å². The van der Waals surface area contributed by atoms with Gasteiger partial charge in [0, 0.05) is 43.0 Å². The molecule has 0 saturated carbocycles. The lowest BCUT2D eigenvalue weighted by Crippen LogP contribution is -2.22. The van der Waals surface area contributed by atoms with Crippen molar-refractivity contribution in [2.24, 2.45) is 24.1 Å². The summed E-state index contributed by atoms with van der Waals surface area (Å²) in [5.41, 5.74) is 4.33. The number of hydrogen-bond donors (Lipinski definition) is 1. The fraction of sp³-hybridized carbons (Fsp3) is 0.200. The Morgan fingerprint density at radius 3 is 2.71 bits per heavy atom. The van der Waals surface area contributed by atoms with Gasteiger partial charge in [0.2, 0.25) is 11.5 Å². The number of para-hydroxylation sites is 1. The Labute approximate surface area is 130 Å². The fourth-order valence-corrected chi connectivity index (χ4v) is 3.02. The quantitative estimate of drug-likeness (QED) is 0.847. The molecule has 0 fully saturated rings. The van der Waals surface area contributed by atoms with E-state index >= 15 is 0 Å². The Morgan fingerprint density at radius 2 is 2.05 bits per heavy atom. The van der Waals surface area contributed by atoms with Crippen LogP contribution in [0.2, 0.25) is 0 Å². The molecule has 1 aromatic carbocycles. The highest BCUT2D eigenvalue weighted by Gasteiger charge is 2.17. The van der Waals surface area contributed by atoms with E-state index in [-0.39, 0.29) is 5.88 Å². The molecule has 1 aromatic heterocycles. The molecule has 1 aliphatic heterocycles. The van der Waals surface area contributed by atoms with Crippen molar-refractivity contribution in [3.63, 3.8) is 0 Å². The van der Waals surface area contributed by atoms with Gasteiger partial charge in [0.05, 0.1) is 5.69 Å². The number of halogens is 1. The van der Waals surface area contributed by atoms with Crippen molar-refractivity contribution >= 4 is 39.5 Å². The number of benzene rings is 1. The van der Waals surface area contributed by atoms with Gasteiger partial charge in [0.25, 0.3) is 0 Å². The van der Waals surface area contributed by atoms with Gasteiger partial charge >= 0.3 is 0 Å². The molecule has 0 radical (unpaired) electrons. The van der Waals surface area contributed by atoms with Crippen LogP contribution in [-0.4, -0.2) is 27.5 Å². The molecule has 0 bridgehead atoms. The van der Waals surface area contributed by atoms with Crippen LogP contribution >= 0.6 is 15.9 Å². The van der Waals surface area contributed by atoms with Crippen molar-refractivity contribution in [3.8, 4) is 5.88 Å². The summed E-state index contributed by atoms with van der Waals surface area (Å²) < 4.78 is 4.47. The number of fused-ring (bicyclic) bond motifs is 1. The summed E-state index contributed by atoms with van der Waals surface area (Å²) in [6, 6.07) is 5.96. The molecular weight excluding hydrogens is 332 g/mol. The zero-order valence-electron chi connectivity index (χ0n) is 12.0. The number of aromatic nitrogens is 2. The van der Waals surface area contributed by atoms with E-state index in [1.54, 1.807) is 18.7 Å². The second-order valence-electron chi connectivity index (χ2n) is 4.84. The third kappa shape index (κ3) is 2.06. The van der Waals surface area contributed by atoms with E-state index in [9.17, 15) is 5.11 Å². The average Bonchev–Trinajstić information content (AvgIpc) is 2.96. The van der Waals surface area contributed by atoms with Gasteiger partial charge in [-0.05, 0) is 28.1 Å². The molecule has 2 heterocycles. The van der Waals surface area contributed by atoms with Crippen LogP contribution in [0.3, 0.4) is 0 Å². The number of allylic oxidation sites excluding steroid dienone is 1. The largest absolute Gasteiger partial charge is 0.493 e. The molecule has 0 amide bonds. The smallest absolute Gasteiger partial charge is 0.218 e. The second-order valence-corrected chi connectivity index (χ2v) is 5.70. The molecule has 21 heavy (non-hydrogen) atoms. The zero-order chi connectivity index (χ0) is 15.1. The highest BCUT2D eigenvalue weighted by molar-refractivity contribution is 9.10. The molecule has 108 valence electrons. The molecule has 1 aliphatic rings. The van der Waals surface area contributed by atoms with Gasteiger partial charge in [-0.1, -0.05) is 12.1 Å². The van der Waals surface area contributed by atoms with Crippen LogP contribution in [0.5, 0.6) is 5.88 Å². The number of aliphatic imine (C=N–C) groups is 1. The fourth-order valence-electron chi connectivity index (χ4n) is 2.56. The summed E-state index contributed by atoms with van der Waals surface area (Å²) in [7, 11) is 5.37. The Balaban J connectivity index is 2.20. The zero-order valence-corrected chi connectivity index (χ0v) is 13.6. The van der Waals surface area contributed by atoms with Gasteiger partial charge in [-0.3, -0.25) is 14.6 Å². The van der Waals surface area contributed by atoms with E-state index in [2.05, 4.69) is 25.9 Å². The number of aromatic hydroxyl groups is 1. The number of rotatable bonds is 1. The van der Waals surface area contributed by atoms with Crippen LogP contribution in [0, 0.1) is 0 Å².